The first-order valence-electron chi connectivity index (χ1n) is 4.55. The van der Waals surface area contributed by atoms with Crippen molar-refractivity contribution in [3.63, 3.8) is 0 Å². The average molecular weight is 312 g/mol. The van der Waals surface area contributed by atoms with E-state index in [1.807, 2.05) is 0 Å². The molecule has 0 aliphatic carbocycles. The number of carbonyl (C=O) groups excluding carboxylic acids is 1. The highest BCUT2D eigenvalue weighted by Gasteiger charge is 2.08. The minimum absolute atomic E-state index is 0. The van der Waals surface area contributed by atoms with Gasteiger partial charge in [0.15, 0.2) is 0 Å². The summed E-state index contributed by atoms with van der Waals surface area (Å²) in [5.41, 5.74) is 0. The Morgan fingerprint density at radius 3 is 2.29 bits per heavy atom. The Hall–Kier alpha value is -0.100. The lowest BCUT2D eigenvalue weighted by Crippen LogP contribution is -3.00. The van der Waals surface area contributed by atoms with Crippen LogP contribution in [0.2, 0.25) is 0 Å². The van der Waals surface area contributed by atoms with Gasteiger partial charge in [0.05, 0.1) is 27.7 Å². The molecule has 0 radical (unpaired) electrons. The van der Waals surface area contributed by atoms with Gasteiger partial charge in [0.2, 0.25) is 5.91 Å². The third-order valence-corrected chi connectivity index (χ3v) is 1.87. The molecule has 84 valence electrons. The third-order valence-electron chi connectivity index (χ3n) is 1.87. The molecule has 0 saturated carbocycles. The molecular formula is C10H21IN2O. The van der Waals surface area contributed by atoms with Gasteiger partial charge in [0.1, 0.15) is 0 Å². The maximum atomic E-state index is 11.1. The summed E-state index contributed by atoms with van der Waals surface area (Å²) in [6.45, 7) is 5.33. The lowest BCUT2D eigenvalue weighted by Gasteiger charge is -2.25. The van der Waals surface area contributed by atoms with Gasteiger partial charge in [-0.05, 0) is 6.08 Å². The SMILES string of the molecule is C=CC(=O)N(C)CCC[N+](C)(C)C.[I-]. The summed E-state index contributed by atoms with van der Waals surface area (Å²) in [7, 11) is 8.25. The van der Waals surface area contributed by atoms with Gasteiger partial charge in [-0.1, -0.05) is 6.58 Å². The van der Waals surface area contributed by atoms with Crippen molar-refractivity contribution in [3.8, 4) is 0 Å². The van der Waals surface area contributed by atoms with Gasteiger partial charge in [-0.15, -0.1) is 0 Å². The van der Waals surface area contributed by atoms with E-state index < -0.39 is 0 Å². The molecule has 0 rings (SSSR count). The lowest BCUT2D eigenvalue weighted by molar-refractivity contribution is -0.870. The Morgan fingerprint density at radius 2 is 1.93 bits per heavy atom. The molecule has 0 N–H and O–H groups in total. The van der Waals surface area contributed by atoms with Crippen LogP contribution >= 0.6 is 0 Å². The standard InChI is InChI=1S/C10H21N2O.HI/c1-6-10(13)11(2)8-7-9-12(3,4)5;/h6H,1,7-9H2,2-5H3;1H/q+1;/p-1. The van der Waals surface area contributed by atoms with Crippen molar-refractivity contribution < 1.29 is 33.3 Å². The van der Waals surface area contributed by atoms with Crippen molar-refractivity contribution in [2.75, 3.05) is 41.3 Å². The van der Waals surface area contributed by atoms with Crippen LogP contribution in [0.15, 0.2) is 12.7 Å². The number of halogens is 1. The lowest BCUT2D eigenvalue weighted by atomic mass is 10.3. The molecule has 0 spiro atoms. The number of rotatable bonds is 5. The topological polar surface area (TPSA) is 20.3 Å². The summed E-state index contributed by atoms with van der Waals surface area (Å²) < 4.78 is 0.941. The number of nitrogens with zero attached hydrogens (tertiary/aromatic N) is 2. The number of likely N-dealkylation sites (N-methyl/N-ethyl adjacent to an activating group) is 1. The summed E-state index contributed by atoms with van der Waals surface area (Å²) in [4.78, 5) is 12.8. The van der Waals surface area contributed by atoms with Crippen LogP contribution in [0.4, 0.5) is 0 Å². The summed E-state index contributed by atoms with van der Waals surface area (Å²) >= 11 is 0. The first-order chi connectivity index (χ1) is 5.87. The molecule has 0 aliphatic rings. The van der Waals surface area contributed by atoms with Gasteiger partial charge in [0, 0.05) is 20.0 Å². The average Bonchev–Trinajstić information content (AvgIpc) is 2.00. The van der Waals surface area contributed by atoms with Crippen molar-refractivity contribution in [1.29, 1.82) is 0 Å². The van der Waals surface area contributed by atoms with E-state index in [1.165, 1.54) is 6.08 Å². The Balaban J connectivity index is 0. The van der Waals surface area contributed by atoms with E-state index >= 15 is 0 Å². The van der Waals surface area contributed by atoms with Crippen LogP contribution in [0, 0.1) is 0 Å². The zero-order valence-corrected chi connectivity index (χ0v) is 11.7. The molecule has 0 aromatic heterocycles. The third kappa shape index (κ3) is 8.50. The molecular weight excluding hydrogens is 291 g/mol. The number of hydrogen-bond donors (Lipinski definition) is 0. The van der Waals surface area contributed by atoms with Crippen molar-refractivity contribution in [3.05, 3.63) is 12.7 Å². The van der Waals surface area contributed by atoms with E-state index in [0.717, 1.165) is 24.0 Å². The molecule has 0 heterocycles. The summed E-state index contributed by atoms with van der Waals surface area (Å²) in [5.74, 6) is 0.00130. The molecule has 3 nitrogen and oxygen atoms in total. The van der Waals surface area contributed by atoms with Crippen molar-refractivity contribution in [2.45, 2.75) is 6.42 Å². The first-order valence-corrected chi connectivity index (χ1v) is 4.55. The highest BCUT2D eigenvalue weighted by Crippen LogP contribution is 1.96. The molecule has 0 atom stereocenters. The van der Waals surface area contributed by atoms with E-state index in [4.69, 9.17) is 0 Å². The fourth-order valence-electron chi connectivity index (χ4n) is 1.05. The molecule has 0 aromatic carbocycles. The van der Waals surface area contributed by atoms with Gasteiger partial charge in [-0.3, -0.25) is 4.79 Å². The second-order valence-electron chi connectivity index (χ2n) is 4.33. The van der Waals surface area contributed by atoms with Crippen molar-refractivity contribution in [1.82, 2.24) is 4.90 Å². The monoisotopic (exact) mass is 312 g/mol. The molecule has 0 aliphatic heterocycles. The van der Waals surface area contributed by atoms with Crippen LogP contribution in [0.1, 0.15) is 6.42 Å². The highest BCUT2D eigenvalue weighted by atomic mass is 127. The Labute approximate surface area is 104 Å². The molecule has 1 amide bonds. The summed E-state index contributed by atoms with van der Waals surface area (Å²) in [5, 5.41) is 0. The predicted molar refractivity (Wildman–Crippen MR) is 55.4 cm³/mol. The molecule has 0 fully saturated rings. The van der Waals surface area contributed by atoms with E-state index in [1.54, 1.807) is 11.9 Å². The summed E-state index contributed by atoms with van der Waals surface area (Å²) in [6.07, 6.45) is 2.38. The van der Waals surface area contributed by atoms with Gasteiger partial charge in [-0.2, -0.15) is 0 Å². The molecule has 0 unspecified atom stereocenters. The fourth-order valence-corrected chi connectivity index (χ4v) is 1.05. The fraction of sp³-hybridized carbons (Fsp3) is 0.700. The number of carbonyl (C=O) groups is 1. The second kappa shape index (κ2) is 7.23. The minimum Gasteiger partial charge on any atom is -1.00 e. The largest absolute Gasteiger partial charge is 1.00 e. The highest BCUT2D eigenvalue weighted by molar-refractivity contribution is 5.86. The van der Waals surface area contributed by atoms with E-state index in [-0.39, 0.29) is 29.9 Å². The van der Waals surface area contributed by atoms with Gasteiger partial charge < -0.3 is 33.4 Å². The molecule has 4 heteroatoms. The zero-order valence-electron chi connectivity index (χ0n) is 9.59. The van der Waals surface area contributed by atoms with Crippen molar-refractivity contribution in [2.24, 2.45) is 0 Å². The Morgan fingerprint density at radius 1 is 1.43 bits per heavy atom. The van der Waals surface area contributed by atoms with Crippen LogP contribution in [0.5, 0.6) is 0 Å². The minimum atomic E-state index is 0. The van der Waals surface area contributed by atoms with Crippen LogP contribution in [-0.2, 0) is 4.79 Å². The normalized spacial score (nSPS) is 10.3. The van der Waals surface area contributed by atoms with Gasteiger partial charge in [-0.25, -0.2) is 0 Å². The maximum absolute atomic E-state index is 11.1. The van der Waals surface area contributed by atoms with Crippen molar-refractivity contribution >= 4 is 5.91 Å². The maximum Gasteiger partial charge on any atom is 0.245 e. The predicted octanol–water partition coefficient (Wildman–Crippen LogP) is -2.27. The van der Waals surface area contributed by atoms with Gasteiger partial charge in [0.25, 0.3) is 0 Å². The second-order valence-corrected chi connectivity index (χ2v) is 4.33. The smallest absolute Gasteiger partial charge is 0.245 e. The quantitative estimate of drug-likeness (QED) is 0.319. The number of amides is 1. The number of quaternary nitrogens is 1. The van der Waals surface area contributed by atoms with E-state index in [9.17, 15) is 4.79 Å². The molecule has 0 saturated heterocycles. The molecule has 14 heavy (non-hydrogen) atoms. The van der Waals surface area contributed by atoms with Gasteiger partial charge >= 0.3 is 0 Å². The number of hydrogen-bond acceptors (Lipinski definition) is 1. The van der Waals surface area contributed by atoms with Crippen LogP contribution in [-0.4, -0.2) is 56.6 Å². The first kappa shape index (κ1) is 16.3. The zero-order chi connectivity index (χ0) is 10.5. The molecule has 0 aromatic rings. The summed E-state index contributed by atoms with van der Waals surface area (Å²) in [6, 6.07) is 0. The molecule has 0 bridgehead atoms. The van der Waals surface area contributed by atoms with Crippen LogP contribution in [0.25, 0.3) is 0 Å². The van der Waals surface area contributed by atoms with E-state index in [2.05, 4.69) is 27.7 Å². The Bertz CT molecular complexity index is 187. The Kier molecular flexibility index (Phi) is 8.43. The van der Waals surface area contributed by atoms with E-state index in [0.29, 0.717) is 0 Å². The van der Waals surface area contributed by atoms with Crippen LogP contribution < -0.4 is 24.0 Å². The van der Waals surface area contributed by atoms with Crippen LogP contribution in [0.3, 0.4) is 0 Å².